The minimum absolute atomic E-state index is 0.0618. The number of rotatable bonds is 2. The Kier molecular flexibility index (Phi) is 2.97. The second-order valence-electron chi connectivity index (χ2n) is 5.37. The van der Waals surface area contributed by atoms with Gasteiger partial charge in [-0.2, -0.15) is 5.10 Å². The largest absolute Gasteiger partial charge is 0.454 e. The summed E-state index contributed by atoms with van der Waals surface area (Å²) in [6.45, 7) is 1.87. The highest BCUT2D eigenvalue weighted by atomic mass is 19.3. The zero-order chi connectivity index (χ0) is 16.1. The number of nitrogens with zero attached hydrogens (tertiary/aromatic N) is 3. The van der Waals surface area contributed by atoms with E-state index >= 15 is 0 Å². The number of benzene rings is 1. The van der Waals surface area contributed by atoms with E-state index in [2.05, 4.69) is 10.1 Å². The molecular weight excluding hydrogens is 304 g/mol. The maximum Gasteiger partial charge on any atom is 0.264 e. The van der Waals surface area contributed by atoms with Gasteiger partial charge in [0.05, 0.1) is 16.8 Å². The van der Waals surface area contributed by atoms with Crippen molar-refractivity contribution in [2.24, 2.45) is 7.05 Å². The third-order valence-electron chi connectivity index (χ3n) is 3.90. The lowest BCUT2D eigenvalue weighted by Gasteiger charge is -2.08. The highest BCUT2D eigenvalue weighted by Gasteiger charge is 2.21. The Hall–Kier alpha value is -2.70. The number of aryl methyl sites for hydroxylation is 2. The van der Waals surface area contributed by atoms with Gasteiger partial charge in [-0.25, -0.2) is 13.8 Å². The van der Waals surface area contributed by atoms with Crippen LogP contribution in [0.5, 0.6) is 11.5 Å². The highest BCUT2D eigenvalue weighted by Crippen LogP contribution is 2.37. The van der Waals surface area contributed by atoms with Gasteiger partial charge >= 0.3 is 0 Å². The maximum absolute atomic E-state index is 13.5. The number of ether oxygens (including phenoxy) is 2. The summed E-state index contributed by atoms with van der Waals surface area (Å²) in [6, 6.07) is 6.69. The van der Waals surface area contributed by atoms with Crippen LogP contribution in [0.25, 0.3) is 22.3 Å². The molecule has 5 nitrogen and oxygen atoms in total. The van der Waals surface area contributed by atoms with Gasteiger partial charge in [0.15, 0.2) is 17.1 Å². The third-order valence-corrected chi connectivity index (χ3v) is 3.90. The molecule has 0 amide bonds. The van der Waals surface area contributed by atoms with Gasteiger partial charge in [-0.05, 0) is 31.2 Å². The van der Waals surface area contributed by atoms with Gasteiger partial charge < -0.3 is 9.47 Å². The SMILES string of the molecule is Cc1nn(C)c2nc(-c3ccc4c(c3)OCO4)cc(C(F)F)c12. The summed E-state index contributed by atoms with van der Waals surface area (Å²) >= 11 is 0. The fourth-order valence-corrected chi connectivity index (χ4v) is 2.85. The summed E-state index contributed by atoms with van der Waals surface area (Å²) in [4.78, 5) is 4.51. The van der Waals surface area contributed by atoms with Crippen molar-refractivity contribution in [2.45, 2.75) is 13.3 Å². The summed E-state index contributed by atoms with van der Waals surface area (Å²) < 4.78 is 39.1. The van der Waals surface area contributed by atoms with Crippen LogP contribution in [-0.4, -0.2) is 21.6 Å². The van der Waals surface area contributed by atoms with Crippen LogP contribution in [0.15, 0.2) is 24.3 Å². The van der Waals surface area contributed by atoms with Crippen LogP contribution in [0, 0.1) is 6.92 Å². The Morgan fingerprint density at radius 1 is 1.17 bits per heavy atom. The predicted octanol–water partition coefficient (Wildman–Crippen LogP) is 3.61. The first-order chi connectivity index (χ1) is 11.0. The maximum atomic E-state index is 13.5. The molecule has 3 aromatic rings. The van der Waals surface area contributed by atoms with Crippen LogP contribution < -0.4 is 9.47 Å². The van der Waals surface area contributed by atoms with Crippen LogP contribution >= 0.6 is 0 Å². The minimum atomic E-state index is -2.60. The summed E-state index contributed by atoms with van der Waals surface area (Å²) in [5.41, 5.74) is 2.06. The zero-order valence-corrected chi connectivity index (χ0v) is 12.5. The van der Waals surface area contributed by atoms with Gasteiger partial charge in [0, 0.05) is 18.2 Å². The molecule has 0 aliphatic carbocycles. The van der Waals surface area contributed by atoms with E-state index in [1.807, 2.05) is 0 Å². The van der Waals surface area contributed by atoms with E-state index in [1.165, 1.54) is 10.7 Å². The molecule has 0 radical (unpaired) electrons. The van der Waals surface area contributed by atoms with E-state index in [0.29, 0.717) is 39.5 Å². The van der Waals surface area contributed by atoms with E-state index < -0.39 is 6.43 Å². The molecule has 0 saturated heterocycles. The van der Waals surface area contributed by atoms with Crippen LogP contribution in [0.3, 0.4) is 0 Å². The van der Waals surface area contributed by atoms with Crippen molar-refractivity contribution in [3.8, 4) is 22.8 Å². The number of halogens is 2. The van der Waals surface area contributed by atoms with E-state index in [1.54, 1.807) is 32.2 Å². The van der Waals surface area contributed by atoms with Crippen LogP contribution in [0.1, 0.15) is 17.7 Å². The number of hydrogen-bond donors (Lipinski definition) is 0. The molecule has 0 unspecified atom stereocenters. The molecule has 1 aliphatic heterocycles. The van der Waals surface area contributed by atoms with Gasteiger partial charge in [-0.1, -0.05) is 0 Å². The average Bonchev–Trinajstić information content (AvgIpc) is 3.10. The molecular formula is C16H13F2N3O2. The average molecular weight is 317 g/mol. The normalized spacial score (nSPS) is 13.3. The summed E-state index contributed by atoms with van der Waals surface area (Å²) in [5, 5.41) is 4.61. The molecule has 0 N–H and O–H groups in total. The molecule has 0 bridgehead atoms. The number of pyridine rings is 1. The Balaban J connectivity index is 1.95. The van der Waals surface area contributed by atoms with E-state index in [9.17, 15) is 8.78 Å². The molecule has 4 rings (SSSR count). The summed E-state index contributed by atoms with van der Waals surface area (Å²) in [5.74, 6) is 1.23. The summed E-state index contributed by atoms with van der Waals surface area (Å²) in [6.07, 6.45) is -2.60. The lowest BCUT2D eigenvalue weighted by Crippen LogP contribution is -1.96. The van der Waals surface area contributed by atoms with Crippen LogP contribution in [-0.2, 0) is 7.05 Å². The van der Waals surface area contributed by atoms with Gasteiger partial charge in [0.25, 0.3) is 6.43 Å². The smallest absolute Gasteiger partial charge is 0.264 e. The lowest BCUT2D eigenvalue weighted by atomic mass is 10.1. The molecule has 118 valence electrons. The molecule has 0 atom stereocenters. The van der Waals surface area contributed by atoms with Crippen molar-refractivity contribution in [1.29, 1.82) is 0 Å². The summed E-state index contributed by atoms with van der Waals surface area (Å²) in [7, 11) is 1.70. The number of aromatic nitrogens is 3. The van der Waals surface area contributed by atoms with E-state index in [0.717, 1.165) is 0 Å². The Bertz CT molecular complexity index is 921. The molecule has 0 spiro atoms. The van der Waals surface area contributed by atoms with Gasteiger partial charge in [-0.3, -0.25) is 4.68 Å². The molecule has 1 aromatic carbocycles. The van der Waals surface area contributed by atoms with Crippen molar-refractivity contribution in [1.82, 2.24) is 14.8 Å². The van der Waals surface area contributed by atoms with Gasteiger partial charge in [-0.15, -0.1) is 0 Å². The molecule has 3 heterocycles. The Morgan fingerprint density at radius 3 is 2.74 bits per heavy atom. The van der Waals surface area contributed by atoms with E-state index in [-0.39, 0.29) is 12.4 Å². The van der Waals surface area contributed by atoms with Crippen LogP contribution in [0.4, 0.5) is 8.78 Å². The van der Waals surface area contributed by atoms with Gasteiger partial charge in [0.1, 0.15) is 0 Å². The zero-order valence-electron chi connectivity index (χ0n) is 12.5. The fraction of sp³-hybridized carbons (Fsp3) is 0.250. The first-order valence-corrected chi connectivity index (χ1v) is 7.07. The van der Waals surface area contributed by atoms with E-state index in [4.69, 9.17) is 9.47 Å². The van der Waals surface area contributed by atoms with Crippen molar-refractivity contribution >= 4 is 11.0 Å². The monoisotopic (exact) mass is 317 g/mol. The van der Waals surface area contributed by atoms with Crippen molar-refractivity contribution in [3.63, 3.8) is 0 Å². The quantitative estimate of drug-likeness (QED) is 0.724. The van der Waals surface area contributed by atoms with Gasteiger partial charge in [0.2, 0.25) is 6.79 Å². The Labute approximate surface area is 130 Å². The molecule has 0 fully saturated rings. The number of fused-ring (bicyclic) bond motifs is 2. The second kappa shape index (κ2) is 4.91. The third kappa shape index (κ3) is 2.11. The van der Waals surface area contributed by atoms with Crippen molar-refractivity contribution < 1.29 is 18.3 Å². The first kappa shape index (κ1) is 13.9. The van der Waals surface area contributed by atoms with Crippen LogP contribution in [0.2, 0.25) is 0 Å². The molecule has 2 aromatic heterocycles. The molecule has 0 saturated carbocycles. The standard InChI is InChI=1S/C16H13F2N3O2/c1-8-14-10(15(17)18)6-11(19-16(14)21(2)20-8)9-3-4-12-13(5-9)23-7-22-12/h3-6,15H,7H2,1-2H3. The highest BCUT2D eigenvalue weighted by molar-refractivity contribution is 5.85. The lowest BCUT2D eigenvalue weighted by molar-refractivity contribution is 0.153. The molecule has 1 aliphatic rings. The number of alkyl halides is 2. The minimum Gasteiger partial charge on any atom is -0.454 e. The van der Waals surface area contributed by atoms with Crippen molar-refractivity contribution in [3.05, 3.63) is 35.5 Å². The first-order valence-electron chi connectivity index (χ1n) is 7.07. The number of hydrogen-bond acceptors (Lipinski definition) is 4. The fourth-order valence-electron chi connectivity index (χ4n) is 2.85. The molecule has 7 heteroatoms. The predicted molar refractivity (Wildman–Crippen MR) is 79.8 cm³/mol. The van der Waals surface area contributed by atoms with Crippen molar-refractivity contribution in [2.75, 3.05) is 6.79 Å². The molecule has 23 heavy (non-hydrogen) atoms. The Morgan fingerprint density at radius 2 is 1.96 bits per heavy atom. The topological polar surface area (TPSA) is 49.2 Å². The second-order valence-corrected chi connectivity index (χ2v) is 5.37.